The molecule has 0 atom stereocenters. The van der Waals surface area contributed by atoms with Crippen molar-refractivity contribution in [1.82, 2.24) is 0 Å². The van der Waals surface area contributed by atoms with Gasteiger partial charge in [0.15, 0.2) is 17.2 Å². The second kappa shape index (κ2) is 10.2. The number of rotatable bonds is 6. The summed E-state index contributed by atoms with van der Waals surface area (Å²) in [6.07, 6.45) is 1.58. The molecule has 0 radical (unpaired) electrons. The molecule has 1 aliphatic heterocycles. The third-order valence-corrected chi connectivity index (χ3v) is 5.69. The fourth-order valence-electron chi connectivity index (χ4n) is 3.08. The molecule has 0 saturated heterocycles. The van der Waals surface area contributed by atoms with Crippen molar-refractivity contribution in [1.29, 1.82) is 0 Å². The van der Waals surface area contributed by atoms with E-state index in [0.29, 0.717) is 43.4 Å². The van der Waals surface area contributed by atoms with Gasteiger partial charge in [0.2, 0.25) is 5.90 Å². The monoisotopic (exact) mass is 573 g/mol. The molecule has 0 fully saturated rings. The lowest BCUT2D eigenvalue weighted by Gasteiger charge is -2.13. The predicted octanol–water partition coefficient (Wildman–Crippen LogP) is 5.91. The van der Waals surface area contributed by atoms with Crippen LogP contribution in [0, 0.1) is 3.57 Å². The van der Waals surface area contributed by atoms with Crippen LogP contribution in [0.2, 0.25) is 5.02 Å². The molecule has 3 aromatic rings. The molecule has 3 aromatic carbocycles. The molecule has 166 valence electrons. The highest BCUT2D eigenvalue weighted by Gasteiger charge is 2.26. The van der Waals surface area contributed by atoms with Crippen LogP contribution in [0.5, 0.6) is 11.5 Å². The van der Waals surface area contributed by atoms with Crippen LogP contribution in [0.15, 0.2) is 77.4 Å². The van der Waals surface area contributed by atoms with E-state index in [1.165, 1.54) is 0 Å². The normalized spacial score (nSPS) is 14.1. The molecule has 0 amide bonds. The summed E-state index contributed by atoms with van der Waals surface area (Å²) >= 11 is 8.25. The topological polar surface area (TPSA) is 74.2 Å². The standard InChI is InChI=1S/C25H17ClINO5/c1-2-31-21-14-15(12-19(27)22(21)32-24(29)16-8-4-3-5-9-16)13-20-25(30)33-23(28-20)17-10-6-7-11-18(17)26/h3-14H,2H2,1H3/b20-13-. The number of aliphatic imine (C=N–C) groups is 1. The second-order valence-electron chi connectivity index (χ2n) is 6.83. The van der Waals surface area contributed by atoms with Crippen molar-refractivity contribution in [2.45, 2.75) is 6.92 Å². The fraction of sp³-hybridized carbons (Fsp3) is 0.0800. The first kappa shape index (κ1) is 23.0. The average Bonchev–Trinajstić information content (AvgIpc) is 3.17. The number of hydrogen-bond acceptors (Lipinski definition) is 6. The van der Waals surface area contributed by atoms with E-state index >= 15 is 0 Å². The van der Waals surface area contributed by atoms with Gasteiger partial charge in [-0.05, 0) is 77.6 Å². The minimum Gasteiger partial charge on any atom is -0.490 e. The van der Waals surface area contributed by atoms with Crippen molar-refractivity contribution in [2.24, 2.45) is 4.99 Å². The lowest BCUT2D eigenvalue weighted by molar-refractivity contribution is -0.129. The van der Waals surface area contributed by atoms with Crippen LogP contribution in [0.4, 0.5) is 0 Å². The summed E-state index contributed by atoms with van der Waals surface area (Å²) in [7, 11) is 0. The molecule has 0 spiro atoms. The Bertz CT molecular complexity index is 1290. The number of carbonyl (C=O) groups excluding carboxylic acids is 2. The summed E-state index contributed by atoms with van der Waals surface area (Å²) in [4.78, 5) is 29.2. The van der Waals surface area contributed by atoms with E-state index in [-0.39, 0.29) is 11.6 Å². The van der Waals surface area contributed by atoms with Gasteiger partial charge in [0, 0.05) is 0 Å². The third kappa shape index (κ3) is 5.26. The molecule has 0 unspecified atom stereocenters. The van der Waals surface area contributed by atoms with Crippen molar-refractivity contribution in [3.63, 3.8) is 0 Å². The van der Waals surface area contributed by atoms with Gasteiger partial charge in [-0.15, -0.1) is 0 Å². The van der Waals surface area contributed by atoms with Gasteiger partial charge < -0.3 is 14.2 Å². The Morgan fingerprint density at radius 3 is 2.58 bits per heavy atom. The molecule has 0 aromatic heterocycles. The first-order valence-corrected chi connectivity index (χ1v) is 11.4. The lowest BCUT2D eigenvalue weighted by atomic mass is 10.1. The molecule has 6 nitrogen and oxygen atoms in total. The lowest BCUT2D eigenvalue weighted by Crippen LogP contribution is -2.10. The van der Waals surface area contributed by atoms with Gasteiger partial charge in [0.05, 0.1) is 26.3 Å². The summed E-state index contributed by atoms with van der Waals surface area (Å²) < 4.78 is 17.3. The van der Waals surface area contributed by atoms with Crippen molar-refractivity contribution >= 4 is 58.1 Å². The molecule has 8 heteroatoms. The van der Waals surface area contributed by atoms with Gasteiger partial charge in [-0.2, -0.15) is 0 Å². The van der Waals surface area contributed by atoms with Crippen LogP contribution in [-0.2, 0) is 9.53 Å². The molecule has 1 aliphatic rings. The van der Waals surface area contributed by atoms with Gasteiger partial charge in [-0.1, -0.05) is 41.9 Å². The quantitative estimate of drug-likeness (QED) is 0.159. The summed E-state index contributed by atoms with van der Waals surface area (Å²) in [6.45, 7) is 2.19. The van der Waals surface area contributed by atoms with E-state index in [4.69, 9.17) is 25.8 Å². The zero-order valence-corrected chi connectivity index (χ0v) is 20.3. The molecule has 4 rings (SSSR count). The number of hydrogen-bond donors (Lipinski definition) is 0. The van der Waals surface area contributed by atoms with Gasteiger partial charge in [0.25, 0.3) is 0 Å². The minimum absolute atomic E-state index is 0.122. The molecule has 1 heterocycles. The maximum Gasteiger partial charge on any atom is 0.363 e. The smallest absolute Gasteiger partial charge is 0.363 e. The van der Waals surface area contributed by atoms with Gasteiger partial charge in [0.1, 0.15) is 0 Å². The molecular weight excluding hydrogens is 557 g/mol. The molecular formula is C25H17ClINO5. The highest BCUT2D eigenvalue weighted by Crippen LogP contribution is 2.36. The van der Waals surface area contributed by atoms with Crippen LogP contribution < -0.4 is 9.47 Å². The Morgan fingerprint density at radius 2 is 1.85 bits per heavy atom. The van der Waals surface area contributed by atoms with Crippen molar-refractivity contribution in [3.05, 3.63) is 97.7 Å². The minimum atomic E-state index is -0.586. The van der Waals surface area contributed by atoms with E-state index in [1.807, 2.05) is 13.0 Å². The molecule has 0 bridgehead atoms. The highest BCUT2D eigenvalue weighted by atomic mass is 127. The van der Waals surface area contributed by atoms with E-state index < -0.39 is 11.9 Å². The maximum atomic E-state index is 12.5. The van der Waals surface area contributed by atoms with E-state index in [0.717, 1.165) is 0 Å². The number of nitrogens with zero attached hydrogens (tertiary/aromatic N) is 1. The molecule has 0 saturated carbocycles. The van der Waals surface area contributed by atoms with Crippen molar-refractivity contribution in [2.75, 3.05) is 6.61 Å². The number of halogens is 2. The first-order valence-electron chi connectivity index (χ1n) is 9.97. The summed E-state index contributed by atoms with van der Waals surface area (Å²) in [5.41, 5.74) is 1.72. The number of cyclic esters (lactones) is 1. The van der Waals surface area contributed by atoms with Crippen molar-refractivity contribution < 1.29 is 23.8 Å². The Hall–Kier alpha value is -3.17. The Morgan fingerprint density at radius 1 is 1.12 bits per heavy atom. The average molecular weight is 574 g/mol. The fourth-order valence-corrected chi connectivity index (χ4v) is 4.03. The second-order valence-corrected chi connectivity index (χ2v) is 8.40. The highest BCUT2D eigenvalue weighted by molar-refractivity contribution is 14.1. The Balaban J connectivity index is 1.66. The summed E-state index contributed by atoms with van der Waals surface area (Å²) in [6, 6.07) is 19.1. The van der Waals surface area contributed by atoms with Crippen LogP contribution >= 0.6 is 34.2 Å². The SMILES string of the molecule is CCOc1cc(/C=C2\N=C(c3ccccc3Cl)OC2=O)cc(I)c1OC(=O)c1ccccc1. The van der Waals surface area contributed by atoms with Gasteiger partial charge in [-0.3, -0.25) is 0 Å². The Kier molecular flexibility index (Phi) is 7.10. The Labute approximate surface area is 209 Å². The zero-order chi connectivity index (χ0) is 23.4. The third-order valence-electron chi connectivity index (χ3n) is 4.56. The number of esters is 2. The largest absolute Gasteiger partial charge is 0.490 e. The predicted molar refractivity (Wildman–Crippen MR) is 134 cm³/mol. The summed E-state index contributed by atoms with van der Waals surface area (Å²) in [5.74, 6) is -0.249. The van der Waals surface area contributed by atoms with Crippen LogP contribution in [-0.4, -0.2) is 24.4 Å². The van der Waals surface area contributed by atoms with E-state index in [1.54, 1.807) is 66.7 Å². The molecule has 0 N–H and O–H groups in total. The van der Waals surface area contributed by atoms with Crippen LogP contribution in [0.25, 0.3) is 6.08 Å². The molecule has 0 aliphatic carbocycles. The van der Waals surface area contributed by atoms with E-state index in [2.05, 4.69) is 27.6 Å². The van der Waals surface area contributed by atoms with Gasteiger partial charge in [-0.25, -0.2) is 14.6 Å². The number of benzene rings is 3. The van der Waals surface area contributed by atoms with E-state index in [9.17, 15) is 9.59 Å². The number of carbonyl (C=O) groups is 2. The van der Waals surface area contributed by atoms with Gasteiger partial charge >= 0.3 is 11.9 Å². The number of ether oxygens (including phenoxy) is 3. The van der Waals surface area contributed by atoms with Crippen LogP contribution in [0.3, 0.4) is 0 Å². The van der Waals surface area contributed by atoms with Crippen LogP contribution in [0.1, 0.15) is 28.4 Å². The van der Waals surface area contributed by atoms with Crippen molar-refractivity contribution in [3.8, 4) is 11.5 Å². The molecule has 33 heavy (non-hydrogen) atoms. The maximum absolute atomic E-state index is 12.5. The summed E-state index contributed by atoms with van der Waals surface area (Å²) in [5, 5.41) is 0.433. The zero-order valence-electron chi connectivity index (χ0n) is 17.4. The first-order chi connectivity index (χ1) is 16.0.